The number of anilines is 2. The number of aromatic nitrogens is 4. The van der Waals surface area contributed by atoms with Gasteiger partial charge in [0.25, 0.3) is 0 Å². The zero-order valence-corrected chi connectivity index (χ0v) is 10.7. The lowest BCUT2D eigenvalue weighted by atomic mass is 10.3. The molecule has 7 nitrogen and oxygen atoms in total. The molecule has 0 aliphatic carbocycles. The van der Waals surface area contributed by atoms with Crippen molar-refractivity contribution in [2.45, 2.75) is 19.9 Å². The second-order valence-electron chi connectivity index (χ2n) is 3.86. The Bertz CT molecular complexity index is 519. The number of nitrogens with zero attached hydrogens (tertiary/aromatic N) is 4. The number of hydrogen-bond acceptors (Lipinski definition) is 7. The molecular formula is C12H16N6O. The van der Waals surface area contributed by atoms with E-state index in [9.17, 15) is 0 Å². The van der Waals surface area contributed by atoms with E-state index in [1.807, 2.05) is 19.1 Å². The number of nitrogens with one attached hydrogen (secondary N) is 1. The quantitative estimate of drug-likeness (QED) is 0.806. The Morgan fingerprint density at radius 2 is 2.21 bits per heavy atom. The molecule has 0 aliphatic rings. The minimum Gasteiger partial charge on any atom is -0.463 e. The Morgan fingerprint density at radius 3 is 2.95 bits per heavy atom. The monoisotopic (exact) mass is 260 g/mol. The van der Waals surface area contributed by atoms with E-state index >= 15 is 0 Å². The van der Waals surface area contributed by atoms with Crippen LogP contribution in [0.25, 0.3) is 0 Å². The van der Waals surface area contributed by atoms with Gasteiger partial charge in [0, 0.05) is 18.9 Å². The van der Waals surface area contributed by atoms with Crippen molar-refractivity contribution >= 4 is 11.9 Å². The van der Waals surface area contributed by atoms with E-state index in [-0.39, 0.29) is 12.0 Å². The number of rotatable bonds is 6. The highest BCUT2D eigenvalue weighted by Crippen LogP contribution is 2.10. The molecule has 0 saturated carbocycles. The van der Waals surface area contributed by atoms with Crippen LogP contribution in [0.1, 0.15) is 18.9 Å². The van der Waals surface area contributed by atoms with Gasteiger partial charge in [0.15, 0.2) is 0 Å². The van der Waals surface area contributed by atoms with Crippen LogP contribution >= 0.6 is 0 Å². The molecule has 0 spiro atoms. The molecule has 0 saturated heterocycles. The summed E-state index contributed by atoms with van der Waals surface area (Å²) in [5, 5.41) is 3.06. The molecule has 100 valence electrons. The van der Waals surface area contributed by atoms with Crippen molar-refractivity contribution < 1.29 is 4.74 Å². The fraction of sp³-hybridized carbons (Fsp3) is 0.333. The van der Waals surface area contributed by atoms with Gasteiger partial charge in [0.2, 0.25) is 11.9 Å². The third-order valence-electron chi connectivity index (χ3n) is 2.24. The topological polar surface area (TPSA) is 98.8 Å². The Balaban J connectivity index is 2.01. The molecule has 3 N–H and O–H groups in total. The van der Waals surface area contributed by atoms with Gasteiger partial charge in [-0.05, 0) is 18.1 Å². The second-order valence-corrected chi connectivity index (χ2v) is 3.86. The minimum absolute atomic E-state index is 0.134. The van der Waals surface area contributed by atoms with Crippen molar-refractivity contribution in [1.29, 1.82) is 0 Å². The normalized spacial score (nSPS) is 10.2. The molecule has 2 aromatic rings. The lowest BCUT2D eigenvalue weighted by molar-refractivity contribution is 0.292. The highest BCUT2D eigenvalue weighted by Gasteiger charge is 2.05. The van der Waals surface area contributed by atoms with Crippen LogP contribution < -0.4 is 15.8 Å². The average molecular weight is 260 g/mol. The Kier molecular flexibility index (Phi) is 4.44. The fourth-order valence-corrected chi connectivity index (χ4v) is 1.39. The summed E-state index contributed by atoms with van der Waals surface area (Å²) < 4.78 is 5.33. The van der Waals surface area contributed by atoms with Gasteiger partial charge in [0.05, 0.1) is 6.61 Å². The van der Waals surface area contributed by atoms with Gasteiger partial charge in [-0.15, -0.1) is 0 Å². The van der Waals surface area contributed by atoms with Crippen molar-refractivity contribution in [2.24, 2.45) is 0 Å². The molecule has 0 fully saturated rings. The molecule has 2 rings (SSSR count). The molecule has 0 aromatic carbocycles. The summed E-state index contributed by atoms with van der Waals surface area (Å²) in [6.07, 6.45) is 4.37. The number of hydrogen-bond donors (Lipinski definition) is 2. The second kappa shape index (κ2) is 6.48. The average Bonchev–Trinajstić information content (AvgIpc) is 2.43. The van der Waals surface area contributed by atoms with Gasteiger partial charge < -0.3 is 15.8 Å². The van der Waals surface area contributed by atoms with Crippen molar-refractivity contribution in [3.63, 3.8) is 0 Å². The van der Waals surface area contributed by atoms with Crippen LogP contribution in [0.3, 0.4) is 0 Å². The molecular weight excluding hydrogens is 244 g/mol. The molecule has 0 amide bonds. The minimum atomic E-state index is 0.134. The molecule has 0 atom stereocenters. The first kappa shape index (κ1) is 13.0. The third-order valence-corrected chi connectivity index (χ3v) is 2.24. The predicted molar refractivity (Wildman–Crippen MR) is 71.6 cm³/mol. The largest absolute Gasteiger partial charge is 0.463 e. The molecule has 0 aliphatic heterocycles. The Labute approximate surface area is 111 Å². The van der Waals surface area contributed by atoms with E-state index in [4.69, 9.17) is 10.5 Å². The number of nitrogen functional groups attached to an aromatic ring is 1. The maximum absolute atomic E-state index is 5.61. The number of ether oxygens (including phenoxy) is 1. The molecule has 2 heterocycles. The van der Waals surface area contributed by atoms with Crippen molar-refractivity contribution in [3.8, 4) is 6.01 Å². The first-order chi connectivity index (χ1) is 9.28. The SMILES string of the molecule is CCCOc1nc(N)nc(NCc2cccnc2)n1. The van der Waals surface area contributed by atoms with Gasteiger partial charge >= 0.3 is 6.01 Å². The van der Waals surface area contributed by atoms with E-state index in [0.717, 1.165) is 12.0 Å². The van der Waals surface area contributed by atoms with E-state index in [0.29, 0.717) is 19.1 Å². The molecule has 0 unspecified atom stereocenters. The van der Waals surface area contributed by atoms with Crippen LogP contribution in [0, 0.1) is 0 Å². The first-order valence-corrected chi connectivity index (χ1v) is 6.05. The standard InChI is InChI=1S/C12H16N6O/c1-2-6-19-12-17-10(13)16-11(18-12)15-8-9-4-3-5-14-7-9/h3-5,7H,2,6,8H2,1H3,(H3,13,15,16,17,18). The molecule has 0 radical (unpaired) electrons. The zero-order chi connectivity index (χ0) is 13.5. The van der Waals surface area contributed by atoms with Gasteiger partial charge in [-0.1, -0.05) is 13.0 Å². The molecule has 2 aromatic heterocycles. The van der Waals surface area contributed by atoms with E-state index in [1.165, 1.54) is 0 Å². The lowest BCUT2D eigenvalue weighted by Crippen LogP contribution is -2.09. The lowest BCUT2D eigenvalue weighted by Gasteiger charge is -2.07. The summed E-state index contributed by atoms with van der Waals surface area (Å²) in [5.74, 6) is 0.525. The number of nitrogens with two attached hydrogens (primary N) is 1. The highest BCUT2D eigenvalue weighted by atomic mass is 16.5. The zero-order valence-electron chi connectivity index (χ0n) is 10.7. The molecule has 0 bridgehead atoms. The molecule has 7 heteroatoms. The fourth-order valence-electron chi connectivity index (χ4n) is 1.39. The summed E-state index contributed by atoms with van der Waals surface area (Å²) in [4.78, 5) is 16.1. The summed E-state index contributed by atoms with van der Waals surface area (Å²) in [5.41, 5.74) is 6.63. The van der Waals surface area contributed by atoms with Gasteiger partial charge in [-0.3, -0.25) is 4.98 Å². The van der Waals surface area contributed by atoms with Crippen molar-refractivity contribution in [1.82, 2.24) is 19.9 Å². The highest BCUT2D eigenvalue weighted by molar-refractivity contribution is 5.33. The summed E-state index contributed by atoms with van der Waals surface area (Å²) in [6, 6.07) is 4.07. The van der Waals surface area contributed by atoms with Crippen LogP contribution in [-0.2, 0) is 6.54 Å². The van der Waals surface area contributed by atoms with Crippen LogP contribution in [0.4, 0.5) is 11.9 Å². The Morgan fingerprint density at radius 1 is 1.32 bits per heavy atom. The number of pyridine rings is 1. The summed E-state index contributed by atoms with van der Waals surface area (Å²) >= 11 is 0. The molecule has 19 heavy (non-hydrogen) atoms. The van der Waals surface area contributed by atoms with Gasteiger partial charge in [-0.2, -0.15) is 15.0 Å². The summed E-state index contributed by atoms with van der Waals surface area (Å²) in [6.45, 7) is 3.11. The van der Waals surface area contributed by atoms with Gasteiger partial charge in [-0.25, -0.2) is 0 Å². The van der Waals surface area contributed by atoms with Crippen LogP contribution in [0.2, 0.25) is 0 Å². The van der Waals surface area contributed by atoms with Crippen molar-refractivity contribution in [3.05, 3.63) is 30.1 Å². The van der Waals surface area contributed by atoms with Crippen LogP contribution in [-0.4, -0.2) is 26.5 Å². The maximum Gasteiger partial charge on any atom is 0.323 e. The third kappa shape index (κ3) is 4.06. The van der Waals surface area contributed by atoms with Crippen LogP contribution in [0.5, 0.6) is 6.01 Å². The van der Waals surface area contributed by atoms with Crippen molar-refractivity contribution in [2.75, 3.05) is 17.7 Å². The first-order valence-electron chi connectivity index (χ1n) is 6.05. The van der Waals surface area contributed by atoms with E-state index < -0.39 is 0 Å². The maximum atomic E-state index is 5.61. The smallest absolute Gasteiger partial charge is 0.323 e. The Hall–Kier alpha value is -2.44. The summed E-state index contributed by atoms with van der Waals surface area (Å²) in [7, 11) is 0. The van der Waals surface area contributed by atoms with E-state index in [2.05, 4.69) is 25.3 Å². The van der Waals surface area contributed by atoms with Crippen LogP contribution in [0.15, 0.2) is 24.5 Å². The van der Waals surface area contributed by atoms with E-state index in [1.54, 1.807) is 12.4 Å². The van der Waals surface area contributed by atoms with Gasteiger partial charge in [0.1, 0.15) is 0 Å². The predicted octanol–water partition coefficient (Wildman–Crippen LogP) is 1.25.